The number of benzene rings is 2. The monoisotopic (exact) mass is 438 g/mol. The highest BCUT2D eigenvalue weighted by atomic mass is 32.1. The molecule has 0 saturated heterocycles. The molecule has 1 aromatic heterocycles. The van der Waals surface area contributed by atoms with Gasteiger partial charge in [-0.1, -0.05) is 31.5 Å². The maximum Gasteiger partial charge on any atom is 0.265 e. The van der Waals surface area contributed by atoms with Gasteiger partial charge in [-0.15, -0.1) is 11.3 Å². The molecule has 0 aliphatic carbocycles. The van der Waals surface area contributed by atoms with E-state index in [1.807, 2.05) is 19.1 Å². The zero-order chi connectivity index (χ0) is 22.4. The van der Waals surface area contributed by atoms with Gasteiger partial charge in [0.05, 0.1) is 30.5 Å². The summed E-state index contributed by atoms with van der Waals surface area (Å²) < 4.78 is 10.9. The van der Waals surface area contributed by atoms with Gasteiger partial charge in [-0.05, 0) is 37.1 Å². The Labute approximate surface area is 186 Å². The van der Waals surface area contributed by atoms with Crippen molar-refractivity contribution in [2.45, 2.75) is 26.7 Å². The van der Waals surface area contributed by atoms with Gasteiger partial charge in [0.15, 0.2) is 0 Å². The molecule has 2 N–H and O–H groups in total. The molecule has 0 atom stereocenters. The third-order valence-electron chi connectivity index (χ3n) is 4.82. The highest BCUT2D eigenvalue weighted by Crippen LogP contribution is 2.37. The minimum absolute atomic E-state index is 0.211. The Kier molecular flexibility index (Phi) is 7.31. The van der Waals surface area contributed by atoms with Crippen LogP contribution >= 0.6 is 11.3 Å². The first-order valence-electron chi connectivity index (χ1n) is 9.99. The molecule has 0 bridgehead atoms. The van der Waals surface area contributed by atoms with Gasteiger partial charge in [-0.3, -0.25) is 9.59 Å². The van der Waals surface area contributed by atoms with Crippen molar-refractivity contribution in [3.8, 4) is 11.5 Å². The van der Waals surface area contributed by atoms with Crippen LogP contribution in [-0.4, -0.2) is 26.0 Å². The molecule has 0 unspecified atom stereocenters. The summed E-state index contributed by atoms with van der Waals surface area (Å²) >= 11 is 1.47. The lowest BCUT2D eigenvalue weighted by Gasteiger charge is -2.16. The lowest BCUT2D eigenvalue weighted by Crippen LogP contribution is -2.14. The molecule has 3 rings (SSSR count). The van der Waals surface area contributed by atoms with Gasteiger partial charge in [-0.2, -0.15) is 0 Å². The first-order chi connectivity index (χ1) is 15.0. The van der Waals surface area contributed by atoms with Crippen LogP contribution in [0.2, 0.25) is 0 Å². The standard InChI is InChI=1S/C24H26N2O4S/c1-5-9-17-12-22(31-15(17)2)24(28)26-19-14-20(29-3)18(13-21(19)30-4)25-23(27)16-10-7-6-8-11-16/h6-8,10-14H,5,9H2,1-4H3,(H,25,27)(H,26,28). The number of carbonyl (C=O) groups excluding carboxylic acids is 2. The molecule has 7 heteroatoms. The number of thiophene rings is 1. The van der Waals surface area contributed by atoms with E-state index in [0.29, 0.717) is 33.3 Å². The number of anilines is 2. The van der Waals surface area contributed by atoms with Crippen molar-refractivity contribution in [2.24, 2.45) is 0 Å². The molecular formula is C24H26N2O4S. The van der Waals surface area contributed by atoms with Crippen molar-refractivity contribution in [1.29, 1.82) is 0 Å². The topological polar surface area (TPSA) is 76.7 Å². The zero-order valence-electron chi connectivity index (χ0n) is 18.1. The summed E-state index contributed by atoms with van der Waals surface area (Å²) in [7, 11) is 3.01. The van der Waals surface area contributed by atoms with Crippen LogP contribution < -0.4 is 20.1 Å². The molecule has 0 aliphatic rings. The van der Waals surface area contributed by atoms with Crippen molar-refractivity contribution < 1.29 is 19.1 Å². The largest absolute Gasteiger partial charge is 0.494 e. The maximum atomic E-state index is 12.8. The van der Waals surface area contributed by atoms with E-state index in [0.717, 1.165) is 17.7 Å². The third-order valence-corrected chi connectivity index (χ3v) is 5.91. The van der Waals surface area contributed by atoms with Crippen molar-refractivity contribution >= 4 is 34.5 Å². The summed E-state index contributed by atoms with van der Waals surface area (Å²) in [5, 5.41) is 5.74. The predicted molar refractivity (Wildman–Crippen MR) is 125 cm³/mol. The fourth-order valence-corrected chi connectivity index (χ4v) is 4.18. The lowest BCUT2D eigenvalue weighted by atomic mass is 10.1. The Bertz CT molecular complexity index is 1080. The van der Waals surface area contributed by atoms with Gasteiger partial charge in [-0.25, -0.2) is 0 Å². The summed E-state index contributed by atoms with van der Waals surface area (Å²) in [6.45, 7) is 4.15. The molecule has 6 nitrogen and oxygen atoms in total. The van der Waals surface area contributed by atoms with Crippen LogP contribution in [0.5, 0.6) is 11.5 Å². The van der Waals surface area contributed by atoms with Crippen molar-refractivity contribution in [3.05, 3.63) is 69.4 Å². The van der Waals surface area contributed by atoms with Crippen LogP contribution in [-0.2, 0) is 6.42 Å². The summed E-state index contributed by atoms with van der Waals surface area (Å²) in [6, 6.07) is 14.1. The van der Waals surface area contributed by atoms with E-state index in [-0.39, 0.29) is 11.8 Å². The van der Waals surface area contributed by atoms with E-state index in [1.54, 1.807) is 36.4 Å². The summed E-state index contributed by atoms with van der Waals surface area (Å²) in [5.74, 6) is 0.348. The van der Waals surface area contributed by atoms with Crippen LogP contribution in [0.4, 0.5) is 11.4 Å². The number of aryl methyl sites for hydroxylation is 2. The first-order valence-corrected chi connectivity index (χ1v) is 10.8. The second-order valence-electron chi connectivity index (χ2n) is 6.97. The smallest absolute Gasteiger partial charge is 0.265 e. The number of ether oxygens (including phenoxy) is 2. The second-order valence-corrected chi connectivity index (χ2v) is 8.23. The number of hydrogen-bond donors (Lipinski definition) is 2. The van der Waals surface area contributed by atoms with Gasteiger partial charge in [0, 0.05) is 22.6 Å². The van der Waals surface area contributed by atoms with Crippen molar-refractivity contribution in [2.75, 3.05) is 24.9 Å². The van der Waals surface area contributed by atoms with Crippen LogP contribution in [0.25, 0.3) is 0 Å². The Morgan fingerprint density at radius 1 is 0.903 bits per heavy atom. The molecule has 0 saturated carbocycles. The minimum atomic E-state index is -0.268. The molecule has 0 fully saturated rings. The van der Waals surface area contributed by atoms with Crippen LogP contribution in [0, 0.1) is 6.92 Å². The highest BCUT2D eigenvalue weighted by molar-refractivity contribution is 7.14. The lowest BCUT2D eigenvalue weighted by molar-refractivity contribution is 0.101. The Morgan fingerprint density at radius 2 is 1.48 bits per heavy atom. The fourth-order valence-electron chi connectivity index (χ4n) is 3.21. The van der Waals surface area contributed by atoms with E-state index < -0.39 is 0 Å². The molecule has 162 valence electrons. The maximum absolute atomic E-state index is 12.8. The van der Waals surface area contributed by atoms with Crippen molar-refractivity contribution in [3.63, 3.8) is 0 Å². The second kappa shape index (κ2) is 10.1. The SMILES string of the molecule is CCCc1cc(C(=O)Nc2cc(OC)c(NC(=O)c3ccccc3)cc2OC)sc1C. The van der Waals surface area contributed by atoms with Gasteiger partial charge in [0.25, 0.3) is 11.8 Å². The highest BCUT2D eigenvalue weighted by Gasteiger charge is 2.18. The van der Waals surface area contributed by atoms with Crippen LogP contribution in [0.15, 0.2) is 48.5 Å². The van der Waals surface area contributed by atoms with Gasteiger partial charge < -0.3 is 20.1 Å². The van der Waals surface area contributed by atoms with Crippen LogP contribution in [0.3, 0.4) is 0 Å². The summed E-state index contributed by atoms with van der Waals surface area (Å²) in [6.07, 6.45) is 1.97. The van der Waals surface area contributed by atoms with Gasteiger partial charge in [0.1, 0.15) is 11.5 Å². The third kappa shape index (κ3) is 5.24. The summed E-state index contributed by atoms with van der Waals surface area (Å²) in [5.41, 5.74) is 2.63. The predicted octanol–water partition coefficient (Wildman–Crippen LogP) is 5.53. The Hall–Kier alpha value is -3.32. The van der Waals surface area contributed by atoms with E-state index in [1.165, 1.54) is 31.1 Å². The molecule has 31 heavy (non-hydrogen) atoms. The molecule has 0 radical (unpaired) electrons. The average molecular weight is 439 g/mol. The van der Waals surface area contributed by atoms with E-state index >= 15 is 0 Å². The summed E-state index contributed by atoms with van der Waals surface area (Å²) in [4.78, 5) is 27.2. The molecule has 2 amide bonds. The van der Waals surface area contributed by atoms with E-state index in [9.17, 15) is 9.59 Å². The average Bonchev–Trinajstić information content (AvgIpc) is 3.15. The molecule has 1 heterocycles. The molecule has 3 aromatic rings. The quantitative estimate of drug-likeness (QED) is 0.485. The van der Waals surface area contributed by atoms with E-state index in [4.69, 9.17) is 9.47 Å². The van der Waals surface area contributed by atoms with Gasteiger partial charge in [0.2, 0.25) is 0 Å². The van der Waals surface area contributed by atoms with E-state index in [2.05, 4.69) is 17.6 Å². The minimum Gasteiger partial charge on any atom is -0.494 e. The Balaban J connectivity index is 1.85. The normalized spacial score (nSPS) is 10.5. The number of nitrogens with one attached hydrogen (secondary N) is 2. The molecular weight excluding hydrogens is 412 g/mol. The number of rotatable bonds is 8. The molecule has 2 aromatic carbocycles. The Morgan fingerprint density at radius 3 is 2.03 bits per heavy atom. The molecule has 0 spiro atoms. The van der Waals surface area contributed by atoms with Gasteiger partial charge >= 0.3 is 0 Å². The number of amides is 2. The zero-order valence-corrected chi connectivity index (χ0v) is 18.9. The fraction of sp³-hybridized carbons (Fsp3) is 0.250. The number of hydrogen-bond acceptors (Lipinski definition) is 5. The number of methoxy groups -OCH3 is 2. The van der Waals surface area contributed by atoms with Crippen LogP contribution in [0.1, 0.15) is 43.8 Å². The first kappa shape index (κ1) is 22.4. The van der Waals surface area contributed by atoms with Crippen molar-refractivity contribution in [1.82, 2.24) is 0 Å². The number of carbonyl (C=O) groups is 2. The molecule has 0 aliphatic heterocycles.